The van der Waals surface area contributed by atoms with Crippen LogP contribution in [0.25, 0.3) is 0 Å². The minimum atomic E-state index is -0.376. The summed E-state index contributed by atoms with van der Waals surface area (Å²) in [5.74, 6) is 0.138. The first-order valence-corrected chi connectivity index (χ1v) is 6.15. The Morgan fingerprint density at radius 3 is 2.55 bits per heavy atom. The molecule has 1 aromatic heterocycles. The van der Waals surface area contributed by atoms with Gasteiger partial charge in [0.15, 0.2) is 0 Å². The number of esters is 1. The minimum Gasteiger partial charge on any atom is -0.469 e. The fourth-order valence-electron chi connectivity index (χ4n) is 1.71. The fraction of sp³-hybridized carbons (Fsp3) is 0.200. The Balaban J connectivity index is 1.84. The van der Waals surface area contributed by atoms with Crippen LogP contribution < -0.4 is 5.32 Å². The van der Waals surface area contributed by atoms with Gasteiger partial charge in [-0.05, 0) is 29.8 Å². The second kappa shape index (κ2) is 6.56. The van der Waals surface area contributed by atoms with Gasteiger partial charge in [-0.15, -0.1) is 0 Å². The predicted molar refractivity (Wildman–Crippen MR) is 72.0 cm³/mol. The van der Waals surface area contributed by atoms with Crippen LogP contribution in [0.15, 0.2) is 47.1 Å². The lowest BCUT2D eigenvalue weighted by atomic mass is 10.1. The number of ether oxygens (including phenoxy) is 1. The van der Waals surface area contributed by atoms with Gasteiger partial charge in [-0.1, -0.05) is 12.1 Å². The first-order valence-electron chi connectivity index (χ1n) is 6.15. The number of carbonyl (C=O) groups excluding carboxylic acids is 2. The Hall–Kier alpha value is -2.56. The van der Waals surface area contributed by atoms with Crippen LogP contribution in [-0.4, -0.2) is 19.0 Å². The zero-order valence-corrected chi connectivity index (χ0v) is 11.1. The SMILES string of the molecule is COC(=O)c1ccc(CNC(=O)Cc2ccco2)cc1. The maximum absolute atomic E-state index is 11.7. The van der Waals surface area contributed by atoms with Crippen LogP contribution in [0.1, 0.15) is 21.7 Å². The molecule has 1 aromatic carbocycles. The van der Waals surface area contributed by atoms with Crippen molar-refractivity contribution in [2.45, 2.75) is 13.0 Å². The van der Waals surface area contributed by atoms with E-state index in [9.17, 15) is 9.59 Å². The highest BCUT2D eigenvalue weighted by molar-refractivity contribution is 5.89. The summed E-state index contributed by atoms with van der Waals surface area (Å²) in [6, 6.07) is 10.4. The normalized spacial score (nSPS) is 10.1. The Morgan fingerprint density at radius 2 is 1.95 bits per heavy atom. The van der Waals surface area contributed by atoms with Gasteiger partial charge < -0.3 is 14.5 Å². The highest BCUT2D eigenvalue weighted by atomic mass is 16.5. The second-order valence-electron chi connectivity index (χ2n) is 4.22. The Morgan fingerprint density at radius 1 is 1.20 bits per heavy atom. The van der Waals surface area contributed by atoms with E-state index in [1.54, 1.807) is 36.4 Å². The molecular weight excluding hydrogens is 258 g/mol. The van der Waals surface area contributed by atoms with Crippen molar-refractivity contribution in [1.82, 2.24) is 5.32 Å². The van der Waals surface area contributed by atoms with E-state index in [0.29, 0.717) is 17.9 Å². The molecule has 0 aliphatic rings. The molecule has 0 fully saturated rings. The van der Waals surface area contributed by atoms with E-state index in [-0.39, 0.29) is 18.3 Å². The quantitative estimate of drug-likeness (QED) is 0.845. The van der Waals surface area contributed by atoms with E-state index in [1.807, 2.05) is 0 Å². The number of carbonyl (C=O) groups is 2. The number of hydrogen-bond acceptors (Lipinski definition) is 4. The van der Waals surface area contributed by atoms with Crippen molar-refractivity contribution in [1.29, 1.82) is 0 Å². The van der Waals surface area contributed by atoms with Crippen LogP contribution in [0.3, 0.4) is 0 Å². The first kappa shape index (κ1) is 13.9. The summed E-state index contributed by atoms with van der Waals surface area (Å²) in [6.45, 7) is 0.404. The van der Waals surface area contributed by atoms with Gasteiger partial charge in [-0.2, -0.15) is 0 Å². The lowest BCUT2D eigenvalue weighted by Gasteiger charge is -2.05. The van der Waals surface area contributed by atoms with Gasteiger partial charge in [0.25, 0.3) is 0 Å². The highest BCUT2D eigenvalue weighted by Crippen LogP contribution is 2.06. The van der Waals surface area contributed by atoms with Gasteiger partial charge in [-0.3, -0.25) is 4.79 Å². The van der Waals surface area contributed by atoms with Crippen LogP contribution in [0.5, 0.6) is 0 Å². The van der Waals surface area contributed by atoms with Crippen LogP contribution in [0.4, 0.5) is 0 Å². The van der Waals surface area contributed by atoms with Crippen molar-refractivity contribution in [3.8, 4) is 0 Å². The summed E-state index contributed by atoms with van der Waals surface area (Å²) in [7, 11) is 1.34. The summed E-state index contributed by atoms with van der Waals surface area (Å²) in [6.07, 6.45) is 1.75. The molecule has 1 N–H and O–H groups in total. The van der Waals surface area contributed by atoms with Crippen LogP contribution in [-0.2, 0) is 22.5 Å². The summed E-state index contributed by atoms with van der Waals surface area (Å²) in [5.41, 5.74) is 1.39. The molecule has 0 bridgehead atoms. The first-order chi connectivity index (χ1) is 9.69. The van der Waals surface area contributed by atoms with Crippen molar-refractivity contribution in [3.63, 3.8) is 0 Å². The molecule has 0 atom stereocenters. The molecule has 1 heterocycles. The molecule has 5 nitrogen and oxygen atoms in total. The molecular formula is C15H15NO4. The van der Waals surface area contributed by atoms with Gasteiger partial charge in [0, 0.05) is 6.54 Å². The Labute approximate surface area is 116 Å². The molecule has 2 aromatic rings. The van der Waals surface area contributed by atoms with E-state index in [1.165, 1.54) is 13.4 Å². The largest absolute Gasteiger partial charge is 0.469 e. The monoisotopic (exact) mass is 273 g/mol. The van der Waals surface area contributed by atoms with E-state index < -0.39 is 0 Å². The molecule has 0 spiro atoms. The average Bonchev–Trinajstić information content (AvgIpc) is 2.97. The zero-order chi connectivity index (χ0) is 14.4. The molecule has 0 saturated carbocycles. The molecule has 20 heavy (non-hydrogen) atoms. The molecule has 5 heteroatoms. The van der Waals surface area contributed by atoms with Gasteiger partial charge in [0.1, 0.15) is 5.76 Å². The van der Waals surface area contributed by atoms with Crippen molar-refractivity contribution in [3.05, 3.63) is 59.5 Å². The molecule has 1 amide bonds. The number of nitrogens with one attached hydrogen (secondary N) is 1. The Bertz CT molecular complexity index is 572. The maximum Gasteiger partial charge on any atom is 0.337 e. The average molecular weight is 273 g/mol. The van der Waals surface area contributed by atoms with E-state index in [4.69, 9.17) is 4.42 Å². The number of benzene rings is 1. The summed E-state index contributed by atoms with van der Waals surface area (Å²) >= 11 is 0. The molecule has 2 rings (SSSR count). The van der Waals surface area contributed by atoms with Crippen LogP contribution >= 0.6 is 0 Å². The minimum absolute atomic E-state index is 0.114. The highest BCUT2D eigenvalue weighted by Gasteiger charge is 2.07. The Kier molecular flexibility index (Phi) is 4.55. The summed E-state index contributed by atoms with van der Waals surface area (Å²) in [4.78, 5) is 22.9. The molecule has 104 valence electrons. The smallest absolute Gasteiger partial charge is 0.337 e. The molecule has 0 radical (unpaired) electrons. The number of furan rings is 1. The molecule has 0 unspecified atom stereocenters. The lowest BCUT2D eigenvalue weighted by molar-refractivity contribution is -0.120. The molecule has 0 aliphatic carbocycles. The third-order valence-electron chi connectivity index (χ3n) is 2.78. The van der Waals surface area contributed by atoms with Crippen molar-refractivity contribution in [2.75, 3.05) is 7.11 Å². The molecule has 0 saturated heterocycles. The van der Waals surface area contributed by atoms with E-state index in [2.05, 4.69) is 10.1 Å². The third-order valence-corrected chi connectivity index (χ3v) is 2.78. The number of methoxy groups -OCH3 is 1. The zero-order valence-electron chi connectivity index (χ0n) is 11.1. The topological polar surface area (TPSA) is 68.5 Å². The number of rotatable bonds is 5. The second-order valence-corrected chi connectivity index (χ2v) is 4.22. The van der Waals surface area contributed by atoms with Crippen molar-refractivity contribution < 1.29 is 18.7 Å². The number of hydrogen-bond donors (Lipinski definition) is 1. The van der Waals surface area contributed by atoms with Crippen LogP contribution in [0.2, 0.25) is 0 Å². The third kappa shape index (κ3) is 3.71. The number of amides is 1. The summed E-state index contributed by atoms with van der Waals surface area (Å²) < 4.78 is 9.71. The maximum atomic E-state index is 11.7. The van der Waals surface area contributed by atoms with Crippen molar-refractivity contribution >= 4 is 11.9 Å². The van der Waals surface area contributed by atoms with Crippen LogP contribution in [0, 0.1) is 0 Å². The predicted octanol–water partition coefficient (Wildman–Crippen LogP) is 1.93. The van der Waals surface area contributed by atoms with E-state index >= 15 is 0 Å². The fourth-order valence-corrected chi connectivity index (χ4v) is 1.71. The summed E-state index contributed by atoms with van der Waals surface area (Å²) in [5, 5.41) is 2.78. The van der Waals surface area contributed by atoms with Crippen molar-refractivity contribution in [2.24, 2.45) is 0 Å². The van der Waals surface area contributed by atoms with Gasteiger partial charge in [0.05, 0.1) is 25.4 Å². The molecule has 0 aliphatic heterocycles. The van der Waals surface area contributed by atoms with Gasteiger partial charge >= 0.3 is 5.97 Å². The van der Waals surface area contributed by atoms with Gasteiger partial charge in [-0.25, -0.2) is 4.79 Å². The van der Waals surface area contributed by atoms with Gasteiger partial charge in [0.2, 0.25) is 5.91 Å². The standard InChI is InChI=1S/C15H15NO4/c1-19-15(18)12-6-4-11(5-7-12)10-16-14(17)9-13-3-2-8-20-13/h2-8H,9-10H2,1H3,(H,16,17). The van der Waals surface area contributed by atoms with E-state index in [0.717, 1.165) is 5.56 Å². The lowest BCUT2D eigenvalue weighted by Crippen LogP contribution is -2.24.